The van der Waals surface area contributed by atoms with Gasteiger partial charge in [0.25, 0.3) is 0 Å². The summed E-state index contributed by atoms with van der Waals surface area (Å²) in [5, 5.41) is 50.6. The molecule has 5 rings (SSSR count). The number of rotatable bonds is 6. The van der Waals surface area contributed by atoms with Crippen molar-refractivity contribution < 1.29 is 46.8 Å². The molecule has 6 atom stereocenters. The number of likely N-dealkylation sites (tertiary alicyclic amines) is 1. The van der Waals surface area contributed by atoms with Gasteiger partial charge in [-0.2, -0.15) is 13.2 Å². The van der Waals surface area contributed by atoms with Gasteiger partial charge in [0, 0.05) is 35.9 Å². The Labute approximate surface area is 245 Å². The van der Waals surface area contributed by atoms with Crippen LogP contribution in [0, 0.1) is 17.5 Å². The topological polar surface area (TPSA) is 128 Å². The maximum Gasteiger partial charge on any atom is 0.418 e. The molecular weight excluding hydrogens is 604 g/mol. The van der Waals surface area contributed by atoms with E-state index >= 15 is 0 Å². The van der Waals surface area contributed by atoms with Crippen molar-refractivity contribution >= 4 is 10.9 Å². The second-order valence-electron chi connectivity index (χ2n) is 11.1. The molecule has 1 aromatic carbocycles. The molecule has 2 fully saturated rings. The highest BCUT2D eigenvalue weighted by molar-refractivity contribution is 8.18. The average Bonchev–Trinajstić information content (AvgIpc) is 3.43. The molecular formula is C27H31F6N5O4S. The van der Waals surface area contributed by atoms with Crippen LogP contribution in [0.25, 0.3) is 11.3 Å². The van der Waals surface area contributed by atoms with Gasteiger partial charge in [-0.05, 0) is 44.2 Å². The molecule has 2 aliphatic heterocycles. The van der Waals surface area contributed by atoms with Gasteiger partial charge in [-0.25, -0.2) is 28.7 Å². The minimum absolute atomic E-state index is 0.103. The fourth-order valence-corrected chi connectivity index (χ4v) is 9.77. The minimum atomic E-state index is -4.81. The first kappa shape index (κ1) is 31.7. The van der Waals surface area contributed by atoms with Crippen LogP contribution in [-0.2, 0) is 6.18 Å². The first-order valence-corrected chi connectivity index (χ1v) is 15.1. The molecule has 43 heavy (non-hydrogen) atoms. The SMILES string of the molecule is CN1CCC(O)([C@H](c2ncccc2C(F)(F)F)[SH]2C[C@H](O)[C@H](n3cc(-c4cc(F)c(F)c(F)c4)nn3)[C@@H](O)[C@H]2CO)CC1. The number of aliphatic hydroxyl groups excluding tert-OH is 3. The Morgan fingerprint density at radius 3 is 2.37 bits per heavy atom. The molecule has 3 aromatic rings. The van der Waals surface area contributed by atoms with Gasteiger partial charge in [-0.3, -0.25) is 4.98 Å². The Balaban J connectivity index is 1.53. The molecule has 0 bridgehead atoms. The highest BCUT2D eigenvalue weighted by Crippen LogP contribution is 2.60. The highest BCUT2D eigenvalue weighted by Gasteiger charge is 2.53. The summed E-state index contributed by atoms with van der Waals surface area (Å²) in [5.41, 5.74) is -3.40. The summed E-state index contributed by atoms with van der Waals surface area (Å²) in [7, 11) is -0.135. The number of hydrogen-bond donors (Lipinski definition) is 5. The molecule has 4 N–H and O–H groups in total. The molecule has 2 saturated heterocycles. The molecule has 0 aliphatic carbocycles. The second kappa shape index (κ2) is 12.0. The predicted molar refractivity (Wildman–Crippen MR) is 145 cm³/mol. The lowest BCUT2D eigenvalue weighted by molar-refractivity contribution is -0.139. The van der Waals surface area contributed by atoms with Gasteiger partial charge in [-0.15, -0.1) is 5.10 Å². The summed E-state index contributed by atoms with van der Waals surface area (Å²) in [6.45, 7) is 0.0784. The van der Waals surface area contributed by atoms with E-state index in [0.29, 0.717) is 25.2 Å². The monoisotopic (exact) mass is 635 g/mol. The fraction of sp³-hybridized carbons (Fsp3) is 0.519. The van der Waals surface area contributed by atoms with Crippen molar-refractivity contribution in [2.24, 2.45) is 0 Å². The van der Waals surface area contributed by atoms with Crippen LogP contribution in [0.5, 0.6) is 0 Å². The molecule has 236 valence electrons. The van der Waals surface area contributed by atoms with Gasteiger partial charge in [0.05, 0.1) is 47.1 Å². The van der Waals surface area contributed by atoms with Crippen LogP contribution in [0.1, 0.15) is 35.4 Å². The Hall–Kier alpha value is -2.76. The standard InChI is InChI=1S/C27H31F6N5O4S/c1-37-7-4-26(42,5-8-37)25(22-15(27(31,32)33)3-2-6-34-22)43-13-19(40)23(24(41)20(43)12-39)38-11-18(35-36-38)14-9-16(28)21(30)17(29)10-14/h2-3,6,9-11,19-20,23-25,39-43H,4-5,7-8,12-13H2,1H3/t19-,20+,23-,24-,25-/m0/s1. The molecule has 0 radical (unpaired) electrons. The van der Waals surface area contributed by atoms with Crippen molar-refractivity contribution in [1.29, 1.82) is 0 Å². The number of thiol groups is 1. The van der Waals surface area contributed by atoms with E-state index in [1.54, 1.807) is 0 Å². The van der Waals surface area contributed by atoms with Crippen molar-refractivity contribution in [3.05, 3.63) is 65.4 Å². The summed E-state index contributed by atoms with van der Waals surface area (Å²) in [5.74, 6) is -4.79. The fourth-order valence-electron chi connectivity index (χ4n) is 6.09. The largest absolute Gasteiger partial charge is 0.418 e. The number of pyridine rings is 1. The van der Waals surface area contributed by atoms with E-state index in [4.69, 9.17) is 0 Å². The van der Waals surface area contributed by atoms with E-state index in [1.165, 1.54) is 12.4 Å². The van der Waals surface area contributed by atoms with E-state index in [-0.39, 0.29) is 29.9 Å². The van der Waals surface area contributed by atoms with E-state index < -0.39 is 86.7 Å². The quantitative estimate of drug-likeness (QED) is 0.159. The Morgan fingerprint density at radius 1 is 1.12 bits per heavy atom. The summed E-state index contributed by atoms with van der Waals surface area (Å²) in [6, 6.07) is 2.16. The number of aliphatic hydroxyl groups is 4. The Morgan fingerprint density at radius 2 is 1.77 bits per heavy atom. The van der Waals surface area contributed by atoms with Gasteiger partial charge < -0.3 is 25.3 Å². The number of benzene rings is 1. The zero-order chi connectivity index (χ0) is 31.3. The number of halogens is 6. The maximum atomic E-state index is 14.2. The van der Waals surface area contributed by atoms with Crippen molar-refractivity contribution in [2.75, 3.05) is 32.5 Å². The summed E-state index contributed by atoms with van der Waals surface area (Å²) >= 11 is 0. The Bertz CT molecular complexity index is 1430. The molecule has 2 aliphatic rings. The molecule has 1 unspecified atom stereocenters. The van der Waals surface area contributed by atoms with Crippen LogP contribution in [0.3, 0.4) is 0 Å². The van der Waals surface area contributed by atoms with Gasteiger partial charge in [0.15, 0.2) is 17.5 Å². The maximum absolute atomic E-state index is 14.2. The molecule has 0 saturated carbocycles. The molecule has 16 heteroatoms. The van der Waals surface area contributed by atoms with Crippen molar-refractivity contribution in [1.82, 2.24) is 24.9 Å². The van der Waals surface area contributed by atoms with Crippen LogP contribution in [0.15, 0.2) is 36.7 Å². The van der Waals surface area contributed by atoms with Crippen LogP contribution in [0.2, 0.25) is 0 Å². The van der Waals surface area contributed by atoms with Crippen LogP contribution in [-0.4, -0.2) is 101 Å². The average molecular weight is 636 g/mol. The van der Waals surface area contributed by atoms with Crippen molar-refractivity contribution in [3.8, 4) is 11.3 Å². The molecule has 4 heterocycles. The number of nitrogens with zero attached hydrogens (tertiary/aromatic N) is 5. The third-order valence-corrected chi connectivity index (χ3v) is 11.8. The van der Waals surface area contributed by atoms with Gasteiger partial charge in [0.1, 0.15) is 11.7 Å². The van der Waals surface area contributed by atoms with E-state index in [2.05, 4.69) is 15.3 Å². The van der Waals surface area contributed by atoms with Gasteiger partial charge >= 0.3 is 6.18 Å². The minimum Gasteiger partial charge on any atom is -0.395 e. The third-order valence-electron chi connectivity index (χ3n) is 8.34. The number of alkyl halides is 3. The first-order chi connectivity index (χ1) is 20.2. The van der Waals surface area contributed by atoms with Crippen molar-refractivity contribution in [2.45, 2.75) is 53.4 Å². The highest BCUT2D eigenvalue weighted by atomic mass is 32.2. The zero-order valence-electron chi connectivity index (χ0n) is 22.8. The molecule has 9 nitrogen and oxygen atoms in total. The van der Waals surface area contributed by atoms with Crippen molar-refractivity contribution in [3.63, 3.8) is 0 Å². The zero-order valence-corrected chi connectivity index (χ0v) is 23.7. The lowest BCUT2D eigenvalue weighted by Crippen LogP contribution is -2.54. The summed E-state index contributed by atoms with van der Waals surface area (Å²) in [6.07, 6.45) is -5.25. The van der Waals surface area contributed by atoms with Crippen LogP contribution in [0.4, 0.5) is 26.3 Å². The van der Waals surface area contributed by atoms with E-state index in [0.717, 1.165) is 16.8 Å². The van der Waals surface area contributed by atoms with Gasteiger partial charge in [-0.1, -0.05) is 5.21 Å². The lowest BCUT2D eigenvalue weighted by atomic mass is 9.85. The van der Waals surface area contributed by atoms with Crippen LogP contribution < -0.4 is 0 Å². The summed E-state index contributed by atoms with van der Waals surface area (Å²) in [4.78, 5) is 6.00. The lowest BCUT2D eigenvalue weighted by Gasteiger charge is -2.53. The van der Waals surface area contributed by atoms with E-state index in [1.807, 2.05) is 11.9 Å². The number of piperidine rings is 1. The molecule has 2 aromatic heterocycles. The third kappa shape index (κ3) is 6.00. The molecule has 0 spiro atoms. The van der Waals surface area contributed by atoms with E-state index in [9.17, 15) is 46.8 Å². The number of aromatic nitrogens is 4. The van der Waals surface area contributed by atoms with Gasteiger partial charge in [0.2, 0.25) is 0 Å². The predicted octanol–water partition coefficient (Wildman–Crippen LogP) is 2.61. The Kier molecular flexibility index (Phi) is 8.81. The first-order valence-electron chi connectivity index (χ1n) is 13.5. The molecule has 0 amide bonds. The van der Waals surface area contributed by atoms with Crippen LogP contribution >= 0.6 is 10.9 Å². The smallest absolute Gasteiger partial charge is 0.395 e. The summed E-state index contributed by atoms with van der Waals surface area (Å²) < 4.78 is 84.7. The second-order valence-corrected chi connectivity index (χ2v) is 13.6. The number of hydrogen-bond acceptors (Lipinski definition) is 8. The normalized spacial score (nSPS) is 28.1.